The Hall–Kier alpha value is -2.46. The van der Waals surface area contributed by atoms with Gasteiger partial charge in [-0.15, -0.1) is 0 Å². The summed E-state index contributed by atoms with van der Waals surface area (Å²) in [5.74, 6) is 5.31. The van der Waals surface area contributed by atoms with Crippen molar-refractivity contribution in [2.24, 2.45) is 0 Å². The zero-order valence-corrected chi connectivity index (χ0v) is 7.11. The molecule has 14 heavy (non-hydrogen) atoms. The van der Waals surface area contributed by atoms with E-state index in [4.69, 9.17) is 15.5 Å². The second kappa shape index (κ2) is 3.12. The van der Waals surface area contributed by atoms with Gasteiger partial charge in [-0.2, -0.15) is 5.26 Å². The molecule has 0 aliphatic heterocycles. The lowest BCUT2D eigenvalue weighted by atomic mass is 10.1. The number of hydrogen-bond donors (Lipinski definition) is 1. The average molecular weight is 183 g/mol. The van der Waals surface area contributed by atoms with Crippen LogP contribution in [0.3, 0.4) is 0 Å². The van der Waals surface area contributed by atoms with Gasteiger partial charge in [0.05, 0.1) is 5.39 Å². The topological polar surface area (TPSA) is 75.8 Å². The van der Waals surface area contributed by atoms with E-state index in [0.717, 1.165) is 5.39 Å². The highest BCUT2D eigenvalue weighted by Gasteiger charge is 2.03. The monoisotopic (exact) mass is 183 g/mol. The van der Waals surface area contributed by atoms with Crippen LogP contribution in [0.15, 0.2) is 22.7 Å². The normalized spacial score (nSPS) is 9.07. The van der Waals surface area contributed by atoms with Crippen LogP contribution in [0.1, 0.15) is 5.56 Å². The van der Waals surface area contributed by atoms with E-state index in [1.807, 2.05) is 0 Å². The number of rotatable bonds is 0. The Morgan fingerprint density at radius 3 is 3.07 bits per heavy atom. The Kier molecular flexibility index (Phi) is 1.82. The highest BCUT2D eigenvalue weighted by molar-refractivity contribution is 5.87. The molecule has 2 aromatic rings. The summed E-state index contributed by atoms with van der Waals surface area (Å²) in [6.07, 6.45) is 0. The fourth-order valence-corrected chi connectivity index (χ4v) is 1.14. The first-order valence-corrected chi connectivity index (χ1v) is 3.86. The molecule has 1 aromatic heterocycles. The van der Waals surface area contributed by atoms with Gasteiger partial charge in [0.25, 0.3) is 0 Å². The molecule has 0 unspecified atom stereocenters. The molecule has 2 N–H and O–H groups in total. The maximum absolute atomic E-state index is 8.28. The maximum atomic E-state index is 8.28. The van der Waals surface area contributed by atoms with Gasteiger partial charge in [-0.3, -0.25) is 0 Å². The molecule has 0 fully saturated rings. The van der Waals surface area contributed by atoms with Crippen LogP contribution in [0.5, 0.6) is 0 Å². The minimum Gasteiger partial charge on any atom is -0.380 e. The summed E-state index contributed by atoms with van der Waals surface area (Å²) < 4.78 is 4.92. The van der Waals surface area contributed by atoms with Crippen molar-refractivity contribution in [1.29, 1.82) is 5.26 Å². The van der Waals surface area contributed by atoms with E-state index in [2.05, 4.69) is 17.0 Å². The number of nitrogens with two attached hydrogens (primary N) is 1. The third-order valence-corrected chi connectivity index (χ3v) is 1.76. The van der Waals surface area contributed by atoms with E-state index in [0.29, 0.717) is 17.0 Å². The largest absolute Gasteiger partial charge is 0.380 e. The van der Waals surface area contributed by atoms with Crippen LogP contribution in [-0.4, -0.2) is 5.16 Å². The molecule has 0 bridgehead atoms. The van der Waals surface area contributed by atoms with Gasteiger partial charge in [-0.25, -0.2) is 0 Å². The second-order valence-electron chi connectivity index (χ2n) is 2.64. The Morgan fingerprint density at radius 1 is 1.43 bits per heavy atom. The van der Waals surface area contributed by atoms with E-state index >= 15 is 0 Å². The summed E-state index contributed by atoms with van der Waals surface area (Å²) in [5.41, 5.74) is 6.89. The van der Waals surface area contributed by atoms with E-state index in [1.165, 1.54) is 0 Å². The van der Waals surface area contributed by atoms with Gasteiger partial charge in [0.1, 0.15) is 0 Å². The summed E-state index contributed by atoms with van der Waals surface area (Å²) >= 11 is 0. The number of nitrogen functional groups attached to an aromatic ring is 1. The van der Waals surface area contributed by atoms with Crippen molar-refractivity contribution >= 4 is 16.8 Å². The molecule has 1 heterocycles. The summed E-state index contributed by atoms with van der Waals surface area (Å²) in [7, 11) is 0. The van der Waals surface area contributed by atoms with Gasteiger partial charge >= 0.3 is 0 Å². The lowest BCUT2D eigenvalue weighted by molar-refractivity contribution is 0.460. The zero-order chi connectivity index (χ0) is 9.97. The molecule has 2 rings (SSSR count). The van der Waals surface area contributed by atoms with Crippen molar-refractivity contribution in [3.63, 3.8) is 0 Å². The van der Waals surface area contributed by atoms with Crippen LogP contribution in [-0.2, 0) is 0 Å². The molecule has 0 amide bonds. The molecule has 0 atom stereocenters. The molecule has 0 aliphatic carbocycles. The molecule has 4 heteroatoms. The number of nitriles is 1. The number of fused-ring (bicyclic) bond motifs is 1. The first-order valence-electron chi connectivity index (χ1n) is 3.86. The van der Waals surface area contributed by atoms with Gasteiger partial charge in [-0.05, 0) is 18.2 Å². The van der Waals surface area contributed by atoms with Gasteiger partial charge in [0.2, 0.25) is 0 Å². The molecular weight excluding hydrogens is 178 g/mol. The molecule has 1 aromatic carbocycles. The predicted molar refractivity (Wildman–Crippen MR) is 50.9 cm³/mol. The van der Waals surface area contributed by atoms with Crippen molar-refractivity contribution in [1.82, 2.24) is 5.16 Å². The minimum absolute atomic E-state index is 0.334. The summed E-state index contributed by atoms with van der Waals surface area (Å²) in [5, 5.41) is 12.6. The van der Waals surface area contributed by atoms with Crippen LogP contribution in [0.4, 0.5) is 5.82 Å². The lowest BCUT2D eigenvalue weighted by Gasteiger charge is -1.89. The fraction of sp³-hybridized carbons (Fsp3) is 0. The molecule has 0 saturated carbocycles. The number of anilines is 1. The lowest BCUT2D eigenvalue weighted by Crippen LogP contribution is -1.83. The van der Waals surface area contributed by atoms with Crippen LogP contribution >= 0.6 is 0 Å². The molecular formula is C10H5N3O. The minimum atomic E-state index is 0.334. The number of aromatic nitrogens is 1. The third-order valence-electron chi connectivity index (χ3n) is 1.76. The average Bonchev–Trinajstić information content (AvgIpc) is 2.57. The van der Waals surface area contributed by atoms with Crippen molar-refractivity contribution in [2.45, 2.75) is 0 Å². The Labute approximate surface area is 79.9 Å². The van der Waals surface area contributed by atoms with Crippen molar-refractivity contribution in [3.8, 4) is 17.9 Å². The highest BCUT2D eigenvalue weighted by atomic mass is 16.5. The molecule has 0 radical (unpaired) electrons. The Morgan fingerprint density at radius 2 is 2.29 bits per heavy atom. The standard InChI is InChI=1S/C10H5N3O/c11-5-1-2-7-3-4-9-8(6-7)10(12)13-14-9/h3-4,6H,(H2,12,13). The second-order valence-corrected chi connectivity index (χ2v) is 2.64. The molecule has 66 valence electrons. The predicted octanol–water partition coefficient (Wildman–Crippen LogP) is 1.29. The molecule has 0 aliphatic rings. The highest BCUT2D eigenvalue weighted by Crippen LogP contribution is 2.20. The summed E-state index contributed by atoms with van der Waals surface area (Å²) in [6, 6.07) is 6.95. The maximum Gasteiger partial charge on any atom is 0.174 e. The fourth-order valence-electron chi connectivity index (χ4n) is 1.14. The van der Waals surface area contributed by atoms with Gasteiger partial charge in [-0.1, -0.05) is 11.1 Å². The quantitative estimate of drug-likeness (QED) is 0.624. The smallest absolute Gasteiger partial charge is 0.174 e. The van der Waals surface area contributed by atoms with E-state index in [-0.39, 0.29) is 0 Å². The number of nitrogens with zero attached hydrogens (tertiary/aromatic N) is 2. The van der Waals surface area contributed by atoms with Crippen molar-refractivity contribution in [2.75, 3.05) is 5.73 Å². The SMILES string of the molecule is N#CC#Cc1ccc2onc(N)c2c1. The van der Waals surface area contributed by atoms with E-state index < -0.39 is 0 Å². The van der Waals surface area contributed by atoms with Gasteiger partial charge in [0.15, 0.2) is 17.5 Å². The van der Waals surface area contributed by atoms with Crippen LogP contribution in [0, 0.1) is 23.2 Å². The third kappa shape index (κ3) is 1.26. The summed E-state index contributed by atoms with van der Waals surface area (Å²) in [4.78, 5) is 0. The van der Waals surface area contributed by atoms with Crippen molar-refractivity contribution in [3.05, 3.63) is 23.8 Å². The Balaban J connectivity index is 2.61. The van der Waals surface area contributed by atoms with Crippen LogP contribution in [0.2, 0.25) is 0 Å². The number of hydrogen-bond acceptors (Lipinski definition) is 4. The van der Waals surface area contributed by atoms with E-state index in [1.54, 1.807) is 24.3 Å². The molecule has 0 saturated heterocycles. The summed E-state index contributed by atoms with van der Waals surface area (Å²) in [6.45, 7) is 0. The number of benzene rings is 1. The van der Waals surface area contributed by atoms with Crippen molar-refractivity contribution < 1.29 is 4.52 Å². The van der Waals surface area contributed by atoms with Crippen LogP contribution in [0.25, 0.3) is 11.0 Å². The first-order chi connectivity index (χ1) is 6.81. The molecule has 0 spiro atoms. The first kappa shape index (κ1) is 8.15. The van der Waals surface area contributed by atoms with E-state index in [9.17, 15) is 0 Å². The van der Waals surface area contributed by atoms with Gasteiger partial charge in [0, 0.05) is 11.5 Å². The Bertz CT molecular complexity index is 581. The van der Waals surface area contributed by atoms with Gasteiger partial charge < -0.3 is 10.3 Å². The molecule has 4 nitrogen and oxygen atoms in total. The zero-order valence-electron chi connectivity index (χ0n) is 7.11. The van der Waals surface area contributed by atoms with Crippen LogP contribution < -0.4 is 5.73 Å².